The molecule has 152 valence electrons. The van der Waals surface area contributed by atoms with Gasteiger partial charge in [0.1, 0.15) is 0 Å². The number of nitrogens with zero attached hydrogens (tertiary/aromatic N) is 3. The molecule has 6 heteroatoms. The number of aliphatic imine (C=N–C) groups is 1. The van der Waals surface area contributed by atoms with Crippen molar-refractivity contribution in [2.45, 2.75) is 58.4 Å². The Hall–Kier alpha value is -0.850. The molecule has 0 amide bonds. The fourth-order valence-electron chi connectivity index (χ4n) is 4.26. The van der Waals surface area contributed by atoms with Crippen molar-refractivity contribution in [3.05, 3.63) is 0 Å². The van der Waals surface area contributed by atoms with Gasteiger partial charge in [-0.3, -0.25) is 9.89 Å². The van der Waals surface area contributed by atoms with Crippen LogP contribution in [0.3, 0.4) is 0 Å². The van der Waals surface area contributed by atoms with E-state index in [1.165, 1.54) is 32.1 Å². The molecule has 0 radical (unpaired) electrons. The molecule has 1 aliphatic heterocycles. The van der Waals surface area contributed by atoms with E-state index < -0.39 is 0 Å². The maximum Gasteiger partial charge on any atom is 0.191 e. The zero-order chi connectivity index (χ0) is 18.7. The second-order valence-electron chi connectivity index (χ2n) is 7.53. The number of nitrogens with one attached hydrogen (secondary N) is 2. The van der Waals surface area contributed by atoms with Gasteiger partial charge in [-0.15, -0.1) is 0 Å². The summed E-state index contributed by atoms with van der Waals surface area (Å²) in [6, 6.07) is 0. The lowest BCUT2D eigenvalue weighted by atomic mass is 9.80. The smallest absolute Gasteiger partial charge is 0.191 e. The Morgan fingerprint density at radius 1 is 1.04 bits per heavy atom. The predicted molar refractivity (Wildman–Crippen MR) is 110 cm³/mol. The molecule has 2 fully saturated rings. The summed E-state index contributed by atoms with van der Waals surface area (Å²) in [5.41, 5.74) is 0.239. The van der Waals surface area contributed by atoms with Crippen molar-refractivity contribution in [2.75, 3.05) is 65.6 Å². The topological polar surface area (TPSA) is 52.1 Å². The number of rotatable bonds is 9. The summed E-state index contributed by atoms with van der Waals surface area (Å²) in [5, 5.41) is 6.96. The van der Waals surface area contributed by atoms with E-state index in [2.05, 4.69) is 41.2 Å². The molecule has 2 N–H and O–H groups in total. The van der Waals surface area contributed by atoms with Gasteiger partial charge in [0.25, 0.3) is 0 Å². The Morgan fingerprint density at radius 2 is 1.73 bits per heavy atom. The van der Waals surface area contributed by atoms with Crippen molar-refractivity contribution < 1.29 is 4.74 Å². The third-order valence-electron chi connectivity index (χ3n) is 5.96. The standard InChI is InChI=1S/C20H41N5O/c1-4-21-19(22-12-13-24(5-2)6-3)23-18-20(10-8-7-9-11-20)25-14-16-26-17-15-25/h4-18H2,1-3H3,(H2,21,22,23). The molecule has 0 atom stereocenters. The van der Waals surface area contributed by atoms with Crippen molar-refractivity contribution in [3.63, 3.8) is 0 Å². The normalized spacial score (nSPS) is 21.8. The molecule has 26 heavy (non-hydrogen) atoms. The number of hydrogen-bond donors (Lipinski definition) is 2. The zero-order valence-electron chi connectivity index (χ0n) is 17.4. The van der Waals surface area contributed by atoms with E-state index in [4.69, 9.17) is 9.73 Å². The van der Waals surface area contributed by atoms with Crippen molar-refractivity contribution in [2.24, 2.45) is 4.99 Å². The Morgan fingerprint density at radius 3 is 2.35 bits per heavy atom. The van der Waals surface area contributed by atoms with Gasteiger partial charge in [0.2, 0.25) is 0 Å². The van der Waals surface area contributed by atoms with Gasteiger partial charge in [0, 0.05) is 38.3 Å². The van der Waals surface area contributed by atoms with Gasteiger partial charge in [0.15, 0.2) is 5.96 Å². The zero-order valence-corrected chi connectivity index (χ0v) is 17.4. The molecule has 0 unspecified atom stereocenters. The van der Waals surface area contributed by atoms with Gasteiger partial charge in [0.05, 0.1) is 19.8 Å². The first kappa shape index (κ1) is 21.5. The lowest BCUT2D eigenvalue weighted by Gasteiger charge is -2.47. The molecular weight excluding hydrogens is 326 g/mol. The molecule has 6 nitrogen and oxygen atoms in total. The molecule has 0 aromatic rings. The van der Waals surface area contributed by atoms with Gasteiger partial charge in [-0.1, -0.05) is 33.1 Å². The van der Waals surface area contributed by atoms with Crippen LogP contribution in [-0.4, -0.2) is 86.9 Å². The summed E-state index contributed by atoms with van der Waals surface area (Å²) in [7, 11) is 0. The maximum atomic E-state index is 5.59. The van der Waals surface area contributed by atoms with E-state index in [1.807, 2.05) is 0 Å². The Kier molecular flexibility index (Phi) is 9.72. The highest BCUT2D eigenvalue weighted by Gasteiger charge is 2.38. The molecule has 2 aliphatic rings. The molecule has 2 rings (SSSR count). The predicted octanol–water partition coefficient (Wildman–Crippen LogP) is 1.92. The summed E-state index contributed by atoms with van der Waals surface area (Å²) in [5.74, 6) is 0.970. The number of hydrogen-bond acceptors (Lipinski definition) is 4. The molecule has 1 saturated carbocycles. The first-order chi connectivity index (χ1) is 12.7. The van der Waals surface area contributed by atoms with Gasteiger partial charge in [-0.25, -0.2) is 0 Å². The third-order valence-corrected chi connectivity index (χ3v) is 5.96. The van der Waals surface area contributed by atoms with E-state index in [0.29, 0.717) is 0 Å². The second-order valence-corrected chi connectivity index (χ2v) is 7.53. The SMILES string of the molecule is CCNC(=NCC1(N2CCOCC2)CCCCC1)NCCN(CC)CC. The van der Waals surface area contributed by atoms with Crippen LogP contribution in [-0.2, 0) is 4.74 Å². The summed E-state index contributed by atoms with van der Waals surface area (Å²) in [6.07, 6.45) is 6.58. The highest BCUT2D eigenvalue weighted by Crippen LogP contribution is 2.34. The average molecular weight is 368 g/mol. The first-order valence-electron chi connectivity index (χ1n) is 10.8. The highest BCUT2D eigenvalue weighted by molar-refractivity contribution is 5.79. The lowest BCUT2D eigenvalue weighted by Crippen LogP contribution is -2.56. The number of ether oxygens (including phenoxy) is 1. The summed E-state index contributed by atoms with van der Waals surface area (Å²) >= 11 is 0. The molecule has 0 bridgehead atoms. The van der Waals surface area contributed by atoms with Crippen LogP contribution in [0.15, 0.2) is 4.99 Å². The van der Waals surface area contributed by atoms with Gasteiger partial charge in [-0.2, -0.15) is 0 Å². The van der Waals surface area contributed by atoms with Crippen molar-refractivity contribution in [3.8, 4) is 0 Å². The Bertz CT molecular complexity index is 399. The number of guanidine groups is 1. The van der Waals surface area contributed by atoms with Crippen LogP contribution >= 0.6 is 0 Å². The first-order valence-corrected chi connectivity index (χ1v) is 10.8. The van der Waals surface area contributed by atoms with E-state index >= 15 is 0 Å². The Balaban J connectivity index is 1.96. The van der Waals surface area contributed by atoms with Crippen LogP contribution in [0, 0.1) is 0 Å². The van der Waals surface area contributed by atoms with E-state index in [1.54, 1.807) is 0 Å². The summed E-state index contributed by atoms with van der Waals surface area (Å²) < 4.78 is 5.59. The molecule has 0 aromatic heterocycles. The van der Waals surface area contributed by atoms with Gasteiger partial charge < -0.3 is 20.3 Å². The number of likely N-dealkylation sites (N-methyl/N-ethyl adjacent to an activating group) is 1. The van der Waals surface area contributed by atoms with Crippen LogP contribution in [0.4, 0.5) is 0 Å². The van der Waals surface area contributed by atoms with Crippen LogP contribution in [0.1, 0.15) is 52.9 Å². The molecule has 1 heterocycles. The van der Waals surface area contributed by atoms with Gasteiger partial charge in [-0.05, 0) is 32.9 Å². The number of morpholine rings is 1. The van der Waals surface area contributed by atoms with Crippen LogP contribution in [0.25, 0.3) is 0 Å². The van der Waals surface area contributed by atoms with Gasteiger partial charge >= 0.3 is 0 Å². The molecule has 1 saturated heterocycles. The van der Waals surface area contributed by atoms with Crippen molar-refractivity contribution in [1.82, 2.24) is 20.4 Å². The highest BCUT2D eigenvalue weighted by atomic mass is 16.5. The quantitative estimate of drug-likeness (QED) is 0.482. The average Bonchev–Trinajstić information content (AvgIpc) is 2.71. The van der Waals surface area contributed by atoms with Crippen molar-refractivity contribution >= 4 is 5.96 Å². The minimum atomic E-state index is 0.239. The minimum Gasteiger partial charge on any atom is -0.379 e. The largest absolute Gasteiger partial charge is 0.379 e. The fourth-order valence-corrected chi connectivity index (χ4v) is 4.26. The Labute approximate surface area is 160 Å². The molecule has 0 spiro atoms. The molecular formula is C20H41N5O. The third kappa shape index (κ3) is 6.39. The monoisotopic (exact) mass is 367 g/mol. The lowest BCUT2D eigenvalue weighted by molar-refractivity contribution is -0.0333. The van der Waals surface area contributed by atoms with Crippen LogP contribution in [0.5, 0.6) is 0 Å². The van der Waals surface area contributed by atoms with Crippen LogP contribution < -0.4 is 10.6 Å². The van der Waals surface area contributed by atoms with E-state index in [0.717, 1.165) is 71.5 Å². The summed E-state index contributed by atoms with van der Waals surface area (Å²) in [6.45, 7) is 16.4. The van der Waals surface area contributed by atoms with E-state index in [9.17, 15) is 0 Å². The second kappa shape index (κ2) is 11.8. The summed E-state index contributed by atoms with van der Waals surface area (Å²) in [4.78, 5) is 10.1. The van der Waals surface area contributed by atoms with Crippen LogP contribution in [0.2, 0.25) is 0 Å². The van der Waals surface area contributed by atoms with Crippen molar-refractivity contribution in [1.29, 1.82) is 0 Å². The molecule has 1 aliphatic carbocycles. The maximum absolute atomic E-state index is 5.59. The van der Waals surface area contributed by atoms with E-state index in [-0.39, 0.29) is 5.54 Å². The molecule has 0 aromatic carbocycles. The fraction of sp³-hybridized carbons (Fsp3) is 0.950. The minimum absolute atomic E-state index is 0.239.